The van der Waals surface area contributed by atoms with Crippen LogP contribution in [0.15, 0.2) is 36.4 Å². The van der Waals surface area contributed by atoms with Gasteiger partial charge in [0.25, 0.3) is 0 Å². The summed E-state index contributed by atoms with van der Waals surface area (Å²) >= 11 is 0. The van der Waals surface area contributed by atoms with Crippen molar-refractivity contribution in [1.29, 1.82) is 0 Å². The van der Waals surface area contributed by atoms with Crippen LogP contribution in [-0.2, 0) is 6.42 Å². The highest BCUT2D eigenvalue weighted by atomic mass is 16.6. The number of benzene rings is 1. The molecule has 0 saturated carbocycles. The lowest BCUT2D eigenvalue weighted by Gasteiger charge is -2.08. The van der Waals surface area contributed by atoms with Crippen molar-refractivity contribution >= 4 is 23.0 Å². The predicted octanol–water partition coefficient (Wildman–Crippen LogP) is 3.34. The van der Waals surface area contributed by atoms with Gasteiger partial charge in [-0.3, -0.25) is 10.1 Å². The van der Waals surface area contributed by atoms with Gasteiger partial charge in [-0.2, -0.15) is 0 Å². The molecule has 0 aliphatic carbocycles. The summed E-state index contributed by atoms with van der Waals surface area (Å²) in [4.78, 5) is 14.8. The first-order chi connectivity index (χ1) is 9.63. The van der Waals surface area contributed by atoms with E-state index in [1.807, 2.05) is 24.3 Å². The van der Waals surface area contributed by atoms with Crippen molar-refractivity contribution in [3.05, 3.63) is 52.1 Å². The molecule has 20 heavy (non-hydrogen) atoms. The van der Waals surface area contributed by atoms with Crippen LogP contribution in [0, 0.1) is 10.1 Å². The number of anilines is 3. The molecule has 0 fully saturated rings. The smallest absolute Gasteiger partial charge is 0.311 e. The van der Waals surface area contributed by atoms with E-state index in [-0.39, 0.29) is 11.5 Å². The van der Waals surface area contributed by atoms with Crippen molar-refractivity contribution in [1.82, 2.24) is 4.98 Å². The van der Waals surface area contributed by atoms with Crippen LogP contribution >= 0.6 is 0 Å². The standard InChI is InChI=1S/C14H16N4O2/c1-3-10-4-6-11(7-5-10)16-14-12(18(19)20)8-9-13(15-2)17-14/h4-9H,3H2,1-2H3,(H2,15,16,17). The molecule has 2 N–H and O–H groups in total. The van der Waals surface area contributed by atoms with Crippen LogP contribution in [0.3, 0.4) is 0 Å². The number of hydrogen-bond acceptors (Lipinski definition) is 5. The number of hydrogen-bond donors (Lipinski definition) is 2. The van der Waals surface area contributed by atoms with Gasteiger partial charge < -0.3 is 10.6 Å². The number of nitro groups is 1. The fraction of sp³-hybridized carbons (Fsp3) is 0.214. The van der Waals surface area contributed by atoms with E-state index in [2.05, 4.69) is 22.5 Å². The SMILES string of the molecule is CCc1ccc(Nc2nc(NC)ccc2[N+](=O)[O-])cc1. The highest BCUT2D eigenvalue weighted by Gasteiger charge is 2.15. The maximum atomic E-state index is 11.0. The molecule has 0 bridgehead atoms. The van der Waals surface area contributed by atoms with Crippen molar-refractivity contribution < 1.29 is 4.92 Å². The Bertz CT molecular complexity index is 611. The van der Waals surface area contributed by atoms with Gasteiger partial charge in [0, 0.05) is 18.8 Å². The Labute approximate surface area is 117 Å². The van der Waals surface area contributed by atoms with Crippen LogP contribution in [-0.4, -0.2) is 17.0 Å². The average molecular weight is 272 g/mol. The fourth-order valence-electron chi connectivity index (χ4n) is 1.79. The molecule has 0 aliphatic heterocycles. The first kappa shape index (κ1) is 13.8. The largest absolute Gasteiger partial charge is 0.373 e. The normalized spacial score (nSPS) is 10.1. The molecular weight excluding hydrogens is 256 g/mol. The molecule has 104 valence electrons. The van der Waals surface area contributed by atoms with Gasteiger partial charge in [-0.05, 0) is 30.2 Å². The van der Waals surface area contributed by atoms with Gasteiger partial charge in [-0.1, -0.05) is 19.1 Å². The van der Waals surface area contributed by atoms with Crippen molar-refractivity contribution in [2.24, 2.45) is 0 Å². The summed E-state index contributed by atoms with van der Waals surface area (Å²) in [5.41, 5.74) is 1.93. The van der Waals surface area contributed by atoms with E-state index in [0.29, 0.717) is 5.82 Å². The average Bonchev–Trinajstić information content (AvgIpc) is 2.47. The molecule has 0 radical (unpaired) electrons. The fourth-order valence-corrected chi connectivity index (χ4v) is 1.79. The summed E-state index contributed by atoms with van der Waals surface area (Å²) in [6.45, 7) is 2.07. The second kappa shape index (κ2) is 6.01. The summed E-state index contributed by atoms with van der Waals surface area (Å²) < 4.78 is 0. The maximum absolute atomic E-state index is 11.0. The zero-order valence-electron chi connectivity index (χ0n) is 11.4. The van der Waals surface area contributed by atoms with Gasteiger partial charge in [0.1, 0.15) is 5.82 Å². The summed E-state index contributed by atoms with van der Waals surface area (Å²) in [6, 6.07) is 10.7. The lowest BCUT2D eigenvalue weighted by Crippen LogP contribution is -2.02. The van der Waals surface area contributed by atoms with E-state index < -0.39 is 4.92 Å². The maximum Gasteiger partial charge on any atom is 0.311 e. The van der Waals surface area contributed by atoms with E-state index in [4.69, 9.17) is 0 Å². The summed E-state index contributed by atoms with van der Waals surface area (Å²) in [5, 5.41) is 16.9. The minimum absolute atomic E-state index is 0.0523. The van der Waals surface area contributed by atoms with Gasteiger partial charge in [0.2, 0.25) is 5.82 Å². The van der Waals surface area contributed by atoms with Gasteiger partial charge in [-0.25, -0.2) is 4.98 Å². The molecule has 2 rings (SSSR count). The molecule has 0 unspecified atom stereocenters. The van der Waals surface area contributed by atoms with Crippen LogP contribution in [0.5, 0.6) is 0 Å². The zero-order valence-corrected chi connectivity index (χ0v) is 11.4. The molecule has 1 aromatic carbocycles. The lowest BCUT2D eigenvalue weighted by atomic mass is 10.1. The Balaban J connectivity index is 2.32. The second-order valence-electron chi connectivity index (χ2n) is 4.25. The number of nitrogens with one attached hydrogen (secondary N) is 2. The van der Waals surface area contributed by atoms with Crippen LogP contribution in [0.1, 0.15) is 12.5 Å². The molecule has 2 aromatic rings. The number of aromatic nitrogens is 1. The van der Waals surface area contributed by atoms with Crippen LogP contribution < -0.4 is 10.6 Å². The highest BCUT2D eigenvalue weighted by molar-refractivity contribution is 5.67. The first-order valence-electron chi connectivity index (χ1n) is 6.33. The van der Waals surface area contributed by atoms with Crippen molar-refractivity contribution in [2.45, 2.75) is 13.3 Å². The quantitative estimate of drug-likeness (QED) is 0.644. The molecule has 0 amide bonds. The third-order valence-electron chi connectivity index (χ3n) is 2.95. The topological polar surface area (TPSA) is 80.1 Å². The third-order valence-corrected chi connectivity index (χ3v) is 2.95. The molecule has 6 nitrogen and oxygen atoms in total. The summed E-state index contributed by atoms with van der Waals surface area (Å²) in [6.07, 6.45) is 0.952. The van der Waals surface area contributed by atoms with E-state index in [0.717, 1.165) is 12.1 Å². The summed E-state index contributed by atoms with van der Waals surface area (Å²) in [5.74, 6) is 0.800. The lowest BCUT2D eigenvalue weighted by molar-refractivity contribution is -0.384. The van der Waals surface area contributed by atoms with E-state index in [1.165, 1.54) is 11.6 Å². The Morgan fingerprint density at radius 2 is 1.90 bits per heavy atom. The molecule has 6 heteroatoms. The molecule has 0 spiro atoms. The molecule has 1 aromatic heterocycles. The van der Waals surface area contributed by atoms with Gasteiger partial charge in [0.15, 0.2) is 0 Å². The zero-order chi connectivity index (χ0) is 14.5. The number of aryl methyl sites for hydroxylation is 1. The van der Waals surface area contributed by atoms with Crippen molar-refractivity contribution in [3.8, 4) is 0 Å². The van der Waals surface area contributed by atoms with Crippen LogP contribution in [0.2, 0.25) is 0 Å². The number of rotatable bonds is 5. The Kier molecular flexibility index (Phi) is 4.14. The highest BCUT2D eigenvalue weighted by Crippen LogP contribution is 2.27. The van der Waals surface area contributed by atoms with Crippen molar-refractivity contribution in [2.75, 3.05) is 17.7 Å². The van der Waals surface area contributed by atoms with Crippen LogP contribution in [0.25, 0.3) is 0 Å². The predicted molar refractivity (Wildman–Crippen MR) is 79.5 cm³/mol. The molecular formula is C14H16N4O2. The van der Waals surface area contributed by atoms with Crippen molar-refractivity contribution in [3.63, 3.8) is 0 Å². The Morgan fingerprint density at radius 3 is 2.45 bits per heavy atom. The number of nitrogens with zero attached hydrogens (tertiary/aromatic N) is 2. The van der Waals surface area contributed by atoms with Gasteiger partial charge in [-0.15, -0.1) is 0 Å². The molecule has 0 saturated heterocycles. The van der Waals surface area contributed by atoms with Gasteiger partial charge in [0.05, 0.1) is 4.92 Å². The van der Waals surface area contributed by atoms with E-state index in [9.17, 15) is 10.1 Å². The Hall–Kier alpha value is -2.63. The Morgan fingerprint density at radius 1 is 1.20 bits per heavy atom. The van der Waals surface area contributed by atoms with Crippen LogP contribution in [0.4, 0.5) is 23.0 Å². The molecule has 1 heterocycles. The summed E-state index contributed by atoms with van der Waals surface area (Å²) in [7, 11) is 1.72. The van der Waals surface area contributed by atoms with Gasteiger partial charge >= 0.3 is 5.69 Å². The monoisotopic (exact) mass is 272 g/mol. The second-order valence-corrected chi connectivity index (χ2v) is 4.25. The minimum atomic E-state index is -0.449. The van der Waals surface area contributed by atoms with E-state index in [1.54, 1.807) is 13.1 Å². The minimum Gasteiger partial charge on any atom is -0.373 e. The first-order valence-corrected chi connectivity index (χ1v) is 6.33. The molecule has 0 aliphatic rings. The number of pyridine rings is 1. The molecule has 0 atom stereocenters. The van der Waals surface area contributed by atoms with E-state index >= 15 is 0 Å². The third kappa shape index (κ3) is 3.03.